The van der Waals surface area contributed by atoms with E-state index in [9.17, 15) is 14.4 Å². The molecule has 0 fully saturated rings. The molecule has 11 heteroatoms. The van der Waals surface area contributed by atoms with Gasteiger partial charge in [-0.05, 0) is 77.4 Å². The monoisotopic (exact) mass is 684 g/mol. The van der Waals surface area contributed by atoms with Gasteiger partial charge in [-0.25, -0.2) is 4.79 Å². The maximum absolute atomic E-state index is 13.4. The van der Waals surface area contributed by atoms with E-state index in [1.165, 1.54) is 7.11 Å². The van der Waals surface area contributed by atoms with Crippen LogP contribution in [0.1, 0.15) is 38.5 Å². The summed E-state index contributed by atoms with van der Waals surface area (Å²) in [6.07, 6.45) is 5.78. The van der Waals surface area contributed by atoms with E-state index in [4.69, 9.17) is 31.5 Å². The Hall–Kier alpha value is -5.09. The highest BCUT2D eigenvalue weighted by molar-refractivity contribution is 6.64. The number of amides is 2. The molecule has 5 rings (SSSR count). The van der Waals surface area contributed by atoms with Crippen molar-refractivity contribution >= 4 is 56.2 Å². The topological polar surface area (TPSA) is 141 Å². The number of rotatable bonds is 6. The Labute approximate surface area is 290 Å². The lowest BCUT2D eigenvalue weighted by atomic mass is 9.92. The number of hydrogen-bond acceptors (Lipinski definition) is 7. The zero-order valence-corrected chi connectivity index (χ0v) is 28.2. The summed E-state index contributed by atoms with van der Waals surface area (Å²) in [5, 5.41) is 9.70. The fourth-order valence-electron chi connectivity index (χ4n) is 5.92. The van der Waals surface area contributed by atoms with Crippen molar-refractivity contribution in [3.8, 4) is 22.6 Å². The number of esters is 1. The summed E-state index contributed by atoms with van der Waals surface area (Å²) in [7, 11) is 1.27. The Balaban J connectivity index is 1.48. The van der Waals surface area contributed by atoms with Gasteiger partial charge in [-0.15, -0.1) is 0 Å². The molecule has 0 bridgehead atoms. The van der Waals surface area contributed by atoms with Crippen molar-refractivity contribution in [1.82, 2.24) is 10.6 Å². The van der Waals surface area contributed by atoms with Crippen molar-refractivity contribution < 1.29 is 28.6 Å². The number of halogens is 1. The van der Waals surface area contributed by atoms with Gasteiger partial charge in [-0.2, -0.15) is 0 Å². The zero-order valence-electron chi connectivity index (χ0n) is 27.5. The van der Waals surface area contributed by atoms with Gasteiger partial charge in [0.15, 0.2) is 5.29 Å². The SMILES string of the molecule is COC(=O)[C@@H]1C/C=C/COc2ccc3ccccc3c2-c2c(ccc3ccccc23)OCCCC(=O)N[C@H](CCCCN=C(N)Cl)C(=O)N1. The van der Waals surface area contributed by atoms with E-state index in [0.29, 0.717) is 43.7 Å². The fourth-order valence-corrected chi connectivity index (χ4v) is 6.01. The number of benzene rings is 4. The molecule has 0 aliphatic carbocycles. The number of ether oxygens (including phenoxy) is 3. The second-order valence-electron chi connectivity index (χ2n) is 11.7. The molecule has 4 aromatic rings. The lowest BCUT2D eigenvalue weighted by Gasteiger charge is -2.22. The minimum absolute atomic E-state index is 0.0346. The Kier molecular flexibility index (Phi) is 12.5. The van der Waals surface area contributed by atoms with E-state index in [-0.39, 0.29) is 37.3 Å². The molecule has 1 heterocycles. The molecule has 0 unspecified atom stereocenters. The van der Waals surface area contributed by atoms with Crippen LogP contribution in [0.15, 0.2) is 89.9 Å². The lowest BCUT2D eigenvalue weighted by Crippen LogP contribution is -2.51. The second-order valence-corrected chi connectivity index (χ2v) is 12.1. The fraction of sp³-hybridized carbons (Fsp3) is 0.316. The molecule has 2 amide bonds. The van der Waals surface area contributed by atoms with Crippen molar-refractivity contribution in [3.05, 3.63) is 84.9 Å². The van der Waals surface area contributed by atoms with Gasteiger partial charge in [-0.3, -0.25) is 14.6 Å². The van der Waals surface area contributed by atoms with E-state index in [0.717, 1.165) is 32.7 Å². The van der Waals surface area contributed by atoms with Crippen LogP contribution in [0.25, 0.3) is 32.7 Å². The first-order valence-corrected chi connectivity index (χ1v) is 16.8. The van der Waals surface area contributed by atoms with Crippen molar-refractivity contribution in [3.63, 3.8) is 0 Å². The van der Waals surface area contributed by atoms with Crippen LogP contribution < -0.4 is 25.8 Å². The number of fused-ring (bicyclic) bond motifs is 7. The molecule has 0 spiro atoms. The predicted molar refractivity (Wildman–Crippen MR) is 193 cm³/mol. The van der Waals surface area contributed by atoms with Crippen LogP contribution >= 0.6 is 11.6 Å². The van der Waals surface area contributed by atoms with Gasteiger partial charge in [0, 0.05) is 24.1 Å². The molecule has 4 aromatic carbocycles. The number of nitrogens with two attached hydrogens (primary N) is 1. The quantitative estimate of drug-likeness (QED) is 0.0563. The van der Waals surface area contributed by atoms with Gasteiger partial charge in [0.1, 0.15) is 30.2 Å². The summed E-state index contributed by atoms with van der Waals surface area (Å²) in [6, 6.07) is 22.4. The number of unbranched alkanes of at least 4 members (excludes halogenated alkanes) is 1. The molecule has 0 radical (unpaired) electrons. The largest absolute Gasteiger partial charge is 0.493 e. The molecule has 0 saturated carbocycles. The zero-order chi connectivity index (χ0) is 34.6. The lowest BCUT2D eigenvalue weighted by molar-refractivity contribution is -0.145. The van der Waals surface area contributed by atoms with Crippen molar-refractivity contribution in [2.45, 2.75) is 50.6 Å². The van der Waals surface area contributed by atoms with E-state index >= 15 is 0 Å². The van der Waals surface area contributed by atoms with Crippen molar-refractivity contribution in [2.24, 2.45) is 10.7 Å². The number of nitrogens with zero attached hydrogens (tertiary/aromatic N) is 1. The Morgan fingerprint density at radius 2 is 1.55 bits per heavy atom. The van der Waals surface area contributed by atoms with Crippen molar-refractivity contribution in [2.75, 3.05) is 26.9 Å². The minimum atomic E-state index is -0.959. The number of carbonyl (C=O) groups excluding carboxylic acids is 3. The average molecular weight is 685 g/mol. The van der Waals surface area contributed by atoms with Crippen molar-refractivity contribution in [1.29, 1.82) is 0 Å². The molecule has 10 nitrogen and oxygen atoms in total. The van der Waals surface area contributed by atoms with Crippen LogP contribution in [0.5, 0.6) is 11.5 Å². The number of hydrogen-bond donors (Lipinski definition) is 3. The maximum Gasteiger partial charge on any atom is 0.328 e. The molecule has 0 saturated heterocycles. The summed E-state index contributed by atoms with van der Waals surface area (Å²) in [4.78, 5) is 43.2. The molecule has 2 atom stereocenters. The van der Waals surface area contributed by atoms with Gasteiger partial charge in [0.05, 0.1) is 13.7 Å². The van der Waals surface area contributed by atoms with Gasteiger partial charge < -0.3 is 30.6 Å². The summed E-state index contributed by atoms with van der Waals surface area (Å²) in [5.74, 6) is -0.0411. The highest BCUT2D eigenvalue weighted by Gasteiger charge is 2.27. The third kappa shape index (κ3) is 9.29. The molecule has 256 valence electrons. The first-order valence-electron chi connectivity index (χ1n) is 16.4. The molecule has 4 N–H and O–H groups in total. The Morgan fingerprint density at radius 1 is 0.898 bits per heavy atom. The van der Waals surface area contributed by atoms with Gasteiger partial charge in [0.2, 0.25) is 11.8 Å². The van der Waals surface area contributed by atoms with Gasteiger partial charge in [0.25, 0.3) is 0 Å². The number of nitrogens with one attached hydrogen (secondary N) is 2. The number of amidine groups is 1. The van der Waals surface area contributed by atoms with Gasteiger partial charge in [-0.1, -0.05) is 72.8 Å². The van der Waals surface area contributed by atoms with Crippen LogP contribution in [0.4, 0.5) is 0 Å². The minimum Gasteiger partial charge on any atom is -0.493 e. The Bertz CT molecular complexity index is 1860. The molecular weight excluding hydrogens is 644 g/mol. The molecule has 1 aliphatic rings. The van der Waals surface area contributed by atoms with Gasteiger partial charge >= 0.3 is 5.97 Å². The summed E-state index contributed by atoms with van der Waals surface area (Å²) < 4.78 is 17.8. The summed E-state index contributed by atoms with van der Waals surface area (Å²) in [5.41, 5.74) is 7.21. The molecular formula is C38H41ClN4O6. The molecule has 49 heavy (non-hydrogen) atoms. The smallest absolute Gasteiger partial charge is 0.328 e. The standard InChI is InChI=1S/C38H41ClN4O6/c1-47-37(46)30-16-7-9-23-48-31-20-18-25-11-2-4-13-27(25)34(31)35-28-14-5-3-12-26(28)19-21-32(35)49-24-10-17-33(44)42-29(36(45)43-30)15-6-8-22-41-38(39)40/h2-5,7,9,11-14,18-21,29-30H,6,8,10,15-17,22-24H2,1H3,(H2,40,41)(H,42,44)(H,43,45)/b9-7+/t29-,30+/m1/s1. The number of carbonyl (C=O) groups is 3. The Morgan fingerprint density at radius 3 is 2.20 bits per heavy atom. The highest BCUT2D eigenvalue weighted by Crippen LogP contribution is 2.45. The van der Waals surface area contributed by atoms with Crippen LogP contribution in [0, 0.1) is 0 Å². The predicted octanol–water partition coefficient (Wildman–Crippen LogP) is 6.02. The number of aliphatic imine (C=N–C) groups is 1. The maximum atomic E-state index is 13.4. The summed E-state index contributed by atoms with van der Waals surface area (Å²) in [6.45, 7) is 0.868. The first-order chi connectivity index (χ1) is 23.9. The highest BCUT2D eigenvalue weighted by atomic mass is 35.5. The van der Waals surface area contributed by atoms with Crippen LogP contribution in [0.2, 0.25) is 0 Å². The number of methoxy groups -OCH3 is 1. The normalized spacial score (nSPS) is 18.7. The summed E-state index contributed by atoms with van der Waals surface area (Å²) >= 11 is 5.62. The third-order valence-electron chi connectivity index (χ3n) is 8.33. The van der Waals surface area contributed by atoms with E-state index in [1.807, 2.05) is 48.5 Å². The van der Waals surface area contributed by atoms with E-state index < -0.39 is 24.0 Å². The first kappa shape index (κ1) is 35.2. The van der Waals surface area contributed by atoms with Crippen LogP contribution in [0.3, 0.4) is 0 Å². The molecule has 0 aromatic heterocycles. The van der Waals surface area contributed by atoms with E-state index in [1.54, 1.807) is 12.2 Å². The van der Waals surface area contributed by atoms with E-state index in [2.05, 4.69) is 39.9 Å². The van der Waals surface area contributed by atoms with Crippen LogP contribution in [-0.4, -0.2) is 62.0 Å². The molecule has 1 aliphatic heterocycles. The van der Waals surface area contributed by atoms with Crippen LogP contribution in [-0.2, 0) is 19.1 Å². The third-order valence-corrected chi connectivity index (χ3v) is 8.45. The average Bonchev–Trinajstić information content (AvgIpc) is 3.11. The second kappa shape index (κ2) is 17.3.